The molecule has 27 heavy (non-hydrogen) atoms. The third-order valence-corrected chi connectivity index (χ3v) is 5.54. The van der Waals surface area contributed by atoms with E-state index in [1.54, 1.807) is 13.2 Å². The van der Waals surface area contributed by atoms with Gasteiger partial charge < -0.3 is 9.64 Å². The Kier molecular flexibility index (Phi) is 5.91. The molecule has 2 heterocycles. The third kappa shape index (κ3) is 4.03. The van der Waals surface area contributed by atoms with E-state index in [9.17, 15) is 9.59 Å². The molecule has 1 aromatic carbocycles. The number of carbonyl (C=O) groups is 1. The zero-order valence-corrected chi connectivity index (χ0v) is 16.5. The van der Waals surface area contributed by atoms with Crippen LogP contribution in [0.3, 0.4) is 0 Å². The number of ether oxygens (including phenoxy) is 1. The number of nitrogens with zero attached hydrogens (tertiary/aromatic N) is 3. The number of fused-ring (bicyclic) bond motifs is 1. The molecule has 6 nitrogen and oxygen atoms in total. The summed E-state index contributed by atoms with van der Waals surface area (Å²) in [5.74, 6) is 0.773. The van der Waals surface area contributed by atoms with Crippen molar-refractivity contribution in [2.45, 2.75) is 32.9 Å². The molecule has 0 N–H and O–H groups in total. The molecule has 3 rings (SSSR count). The minimum atomic E-state index is -0.0991. The van der Waals surface area contributed by atoms with Crippen LogP contribution in [0.15, 0.2) is 46.8 Å². The highest BCUT2D eigenvalue weighted by Crippen LogP contribution is 2.24. The number of hydrogen-bond acceptors (Lipinski definition) is 5. The largest absolute Gasteiger partial charge is 0.497 e. The van der Waals surface area contributed by atoms with Crippen molar-refractivity contribution in [3.05, 3.63) is 58.0 Å². The van der Waals surface area contributed by atoms with Gasteiger partial charge in [0.1, 0.15) is 10.6 Å². The van der Waals surface area contributed by atoms with Gasteiger partial charge >= 0.3 is 0 Å². The monoisotopic (exact) mass is 385 g/mol. The number of carbonyl (C=O) groups excluding carboxylic acids is 1. The summed E-state index contributed by atoms with van der Waals surface area (Å²) in [4.78, 5) is 32.1. The minimum absolute atomic E-state index is 0.00476. The van der Waals surface area contributed by atoms with Crippen LogP contribution in [-0.2, 0) is 11.3 Å². The van der Waals surface area contributed by atoms with Gasteiger partial charge in [-0.15, -0.1) is 11.3 Å². The molecule has 0 aliphatic heterocycles. The lowest BCUT2D eigenvalue weighted by molar-refractivity contribution is -0.133. The van der Waals surface area contributed by atoms with Crippen molar-refractivity contribution in [1.82, 2.24) is 14.5 Å². The lowest BCUT2D eigenvalue weighted by Gasteiger charge is -2.29. The van der Waals surface area contributed by atoms with Crippen LogP contribution in [0, 0.1) is 0 Å². The Morgan fingerprint density at radius 1 is 1.37 bits per heavy atom. The number of amides is 1. The van der Waals surface area contributed by atoms with Crippen molar-refractivity contribution in [3.63, 3.8) is 0 Å². The zero-order valence-electron chi connectivity index (χ0n) is 15.7. The van der Waals surface area contributed by atoms with Crippen LogP contribution in [0.2, 0.25) is 0 Å². The first-order chi connectivity index (χ1) is 13.0. The van der Waals surface area contributed by atoms with Crippen molar-refractivity contribution >= 4 is 27.5 Å². The highest BCUT2D eigenvalue weighted by molar-refractivity contribution is 7.16. The highest BCUT2D eigenvalue weighted by atomic mass is 32.1. The molecule has 0 fully saturated rings. The average molecular weight is 385 g/mol. The van der Waals surface area contributed by atoms with Gasteiger partial charge in [-0.1, -0.05) is 12.1 Å². The summed E-state index contributed by atoms with van der Waals surface area (Å²) in [6, 6.07) is 9.43. The van der Waals surface area contributed by atoms with Gasteiger partial charge in [0.05, 0.1) is 24.9 Å². The van der Waals surface area contributed by atoms with Gasteiger partial charge in [-0.2, -0.15) is 0 Å². The van der Waals surface area contributed by atoms with E-state index < -0.39 is 0 Å². The number of methoxy groups -OCH3 is 1. The van der Waals surface area contributed by atoms with Crippen LogP contribution in [0.1, 0.15) is 31.9 Å². The molecule has 142 valence electrons. The van der Waals surface area contributed by atoms with Crippen LogP contribution < -0.4 is 10.3 Å². The van der Waals surface area contributed by atoms with Gasteiger partial charge in [0.25, 0.3) is 5.56 Å². The van der Waals surface area contributed by atoms with Crippen molar-refractivity contribution in [3.8, 4) is 5.75 Å². The summed E-state index contributed by atoms with van der Waals surface area (Å²) in [7, 11) is 1.63. The van der Waals surface area contributed by atoms with E-state index in [0.717, 1.165) is 16.1 Å². The molecule has 0 aliphatic carbocycles. The number of rotatable bonds is 7. The Morgan fingerprint density at radius 3 is 2.93 bits per heavy atom. The van der Waals surface area contributed by atoms with Crippen LogP contribution in [-0.4, -0.2) is 34.0 Å². The summed E-state index contributed by atoms with van der Waals surface area (Å²) in [6.07, 6.45) is 1.77. The third-order valence-electron chi connectivity index (χ3n) is 4.72. The molecule has 0 radical (unpaired) electrons. The molecule has 3 aromatic rings. The van der Waals surface area contributed by atoms with Crippen LogP contribution in [0.25, 0.3) is 10.2 Å². The van der Waals surface area contributed by atoms with Crippen LogP contribution in [0.5, 0.6) is 5.75 Å². The summed E-state index contributed by atoms with van der Waals surface area (Å²) >= 11 is 1.44. The fraction of sp³-hybridized carbons (Fsp3) is 0.350. The van der Waals surface area contributed by atoms with E-state index in [2.05, 4.69) is 4.98 Å². The number of thiophene rings is 1. The van der Waals surface area contributed by atoms with Crippen molar-refractivity contribution < 1.29 is 9.53 Å². The Hall–Kier alpha value is -2.67. The topological polar surface area (TPSA) is 64.4 Å². The predicted molar refractivity (Wildman–Crippen MR) is 107 cm³/mol. The van der Waals surface area contributed by atoms with Crippen molar-refractivity contribution in [2.75, 3.05) is 13.7 Å². The quantitative estimate of drug-likeness (QED) is 0.625. The van der Waals surface area contributed by atoms with Gasteiger partial charge in [0.15, 0.2) is 0 Å². The van der Waals surface area contributed by atoms with Gasteiger partial charge in [-0.05, 0) is 43.0 Å². The SMILES string of the molecule is CCN(C(=O)CCn1cnc2sccc2c1=O)C(C)c1cccc(OC)c1. The fourth-order valence-corrected chi connectivity index (χ4v) is 3.88. The molecular weight excluding hydrogens is 362 g/mol. The molecule has 1 amide bonds. The molecular formula is C20H23N3O3S. The summed E-state index contributed by atoms with van der Waals surface area (Å²) in [5, 5.41) is 2.45. The molecule has 0 saturated heterocycles. The average Bonchev–Trinajstić information content (AvgIpc) is 3.17. The Bertz CT molecular complexity index is 995. The van der Waals surface area contributed by atoms with E-state index >= 15 is 0 Å². The molecule has 0 bridgehead atoms. The normalized spacial score (nSPS) is 12.1. The number of aromatic nitrogens is 2. The summed E-state index contributed by atoms with van der Waals surface area (Å²) in [6.45, 7) is 4.87. The maximum Gasteiger partial charge on any atom is 0.262 e. The van der Waals surface area contributed by atoms with Gasteiger partial charge in [0.2, 0.25) is 5.91 Å². The maximum absolute atomic E-state index is 12.8. The second kappa shape index (κ2) is 8.35. The lowest BCUT2D eigenvalue weighted by Crippen LogP contribution is -2.34. The number of hydrogen-bond donors (Lipinski definition) is 0. The van der Waals surface area contributed by atoms with Crippen LogP contribution >= 0.6 is 11.3 Å². The van der Waals surface area contributed by atoms with Gasteiger partial charge in [0, 0.05) is 19.5 Å². The number of aryl methyl sites for hydroxylation is 1. The first kappa shape index (κ1) is 19.1. The lowest BCUT2D eigenvalue weighted by atomic mass is 10.1. The van der Waals surface area contributed by atoms with E-state index in [1.807, 2.05) is 48.4 Å². The molecule has 1 atom stereocenters. The zero-order chi connectivity index (χ0) is 19.4. The van der Waals surface area contributed by atoms with E-state index in [0.29, 0.717) is 18.5 Å². The standard InChI is InChI=1S/C20H23N3O3S/c1-4-23(14(2)15-6-5-7-16(12-15)26-3)18(24)8-10-22-13-21-19-17(20(22)25)9-11-27-19/h5-7,9,11-14H,4,8,10H2,1-3H3. The smallest absolute Gasteiger partial charge is 0.262 e. The summed E-state index contributed by atoms with van der Waals surface area (Å²) < 4.78 is 6.79. The van der Waals surface area contributed by atoms with Crippen molar-refractivity contribution in [1.29, 1.82) is 0 Å². The van der Waals surface area contributed by atoms with Crippen molar-refractivity contribution in [2.24, 2.45) is 0 Å². The van der Waals surface area contributed by atoms with E-state index in [4.69, 9.17) is 4.74 Å². The summed E-state index contributed by atoms with van der Waals surface area (Å²) in [5.41, 5.74) is 0.918. The van der Waals surface area contributed by atoms with Crippen LogP contribution in [0.4, 0.5) is 0 Å². The fourth-order valence-electron chi connectivity index (χ4n) is 3.16. The Morgan fingerprint density at radius 2 is 2.19 bits per heavy atom. The Labute approximate surface area is 162 Å². The molecule has 0 spiro atoms. The maximum atomic E-state index is 12.8. The molecule has 0 aliphatic rings. The molecule has 7 heteroatoms. The predicted octanol–water partition coefficient (Wildman–Crippen LogP) is 3.47. The van der Waals surface area contributed by atoms with E-state index in [1.165, 1.54) is 22.2 Å². The second-order valence-electron chi connectivity index (χ2n) is 6.26. The number of benzene rings is 1. The first-order valence-corrected chi connectivity index (χ1v) is 9.79. The van der Waals surface area contributed by atoms with Gasteiger partial charge in [-0.25, -0.2) is 4.98 Å². The molecule has 1 unspecified atom stereocenters. The Balaban J connectivity index is 1.72. The minimum Gasteiger partial charge on any atom is -0.497 e. The van der Waals surface area contributed by atoms with E-state index in [-0.39, 0.29) is 23.9 Å². The molecule has 2 aromatic heterocycles. The second-order valence-corrected chi connectivity index (χ2v) is 7.16. The first-order valence-electron chi connectivity index (χ1n) is 8.91. The highest BCUT2D eigenvalue weighted by Gasteiger charge is 2.20. The van der Waals surface area contributed by atoms with Gasteiger partial charge in [-0.3, -0.25) is 14.2 Å². The molecule has 0 saturated carbocycles.